The van der Waals surface area contributed by atoms with Crippen LogP contribution in [-0.2, 0) is 30.0 Å². The second kappa shape index (κ2) is 10.6. The van der Waals surface area contributed by atoms with E-state index >= 15 is 0 Å². The summed E-state index contributed by atoms with van der Waals surface area (Å²) >= 11 is -1.65. The molecule has 0 amide bonds. The van der Waals surface area contributed by atoms with Crippen molar-refractivity contribution in [2.45, 2.75) is 38.8 Å². The predicted molar refractivity (Wildman–Crippen MR) is 137 cm³/mol. The average Bonchev–Trinajstić information content (AvgIpc) is 3.41. The SMILES string of the molecule is CC[SiH](CC)[Ti+2]([c]1cccc2c1Cc1ccccc1-2)[c]1cccc2c1Cc1ccccc1-2.[Cl-].[Cl-]. The van der Waals surface area contributed by atoms with Gasteiger partial charge in [-0.1, -0.05) is 0 Å². The number of benzene rings is 4. The third-order valence-corrected chi connectivity index (χ3v) is 24.0. The van der Waals surface area contributed by atoms with E-state index in [-0.39, 0.29) is 24.8 Å². The Labute approximate surface area is 223 Å². The van der Waals surface area contributed by atoms with Gasteiger partial charge in [0, 0.05) is 0 Å². The molecule has 0 radical (unpaired) electrons. The van der Waals surface area contributed by atoms with Crippen LogP contribution in [0.25, 0.3) is 22.3 Å². The van der Waals surface area contributed by atoms with E-state index in [1.54, 1.807) is 18.9 Å². The molecule has 171 valence electrons. The predicted octanol–water partition coefficient (Wildman–Crippen LogP) is 0.170. The molecule has 0 unspecified atom stereocenters. The van der Waals surface area contributed by atoms with E-state index < -0.39 is 23.8 Å². The molecule has 4 heteroatoms. The van der Waals surface area contributed by atoms with Crippen molar-refractivity contribution in [3.8, 4) is 22.3 Å². The Morgan fingerprint density at radius 3 is 1.41 bits per heavy atom. The Hall–Kier alpha value is -1.61. The number of fused-ring (bicyclic) bond motifs is 6. The van der Waals surface area contributed by atoms with Gasteiger partial charge in [0.05, 0.1) is 0 Å². The monoisotopic (exact) mass is 535 g/mol. The number of halogens is 2. The molecule has 0 bridgehead atoms. The molecule has 0 saturated carbocycles. The van der Waals surface area contributed by atoms with Crippen LogP contribution in [0.3, 0.4) is 0 Å². The van der Waals surface area contributed by atoms with E-state index in [0.29, 0.717) is 0 Å². The van der Waals surface area contributed by atoms with Crippen molar-refractivity contribution >= 4 is 14.4 Å². The molecule has 0 N–H and O–H groups in total. The van der Waals surface area contributed by atoms with Crippen molar-refractivity contribution in [3.05, 3.63) is 107 Å². The first-order valence-corrected chi connectivity index (χ1v) is 18.6. The summed E-state index contributed by atoms with van der Waals surface area (Å²) in [6.07, 6.45) is 2.25. The van der Waals surface area contributed by atoms with Crippen molar-refractivity contribution in [1.29, 1.82) is 0 Å². The second-order valence-corrected chi connectivity index (χ2v) is 21.5. The van der Waals surface area contributed by atoms with Gasteiger partial charge in [-0.3, -0.25) is 0 Å². The van der Waals surface area contributed by atoms with Crippen LogP contribution in [0.15, 0.2) is 84.9 Å². The Kier molecular flexibility index (Phi) is 7.92. The Balaban J connectivity index is 0.00000137. The maximum absolute atomic E-state index is 2.53. The minimum atomic E-state index is -1.65. The molecule has 6 rings (SSSR count). The molecule has 0 spiro atoms. The first-order chi connectivity index (χ1) is 15.8. The number of hydrogen-bond donors (Lipinski definition) is 0. The molecule has 0 aromatic heterocycles. The summed E-state index contributed by atoms with van der Waals surface area (Å²) in [5, 5.41) is 0. The normalized spacial score (nSPS) is 12.2. The molecule has 0 saturated heterocycles. The summed E-state index contributed by atoms with van der Waals surface area (Å²) < 4.78 is 3.56. The summed E-state index contributed by atoms with van der Waals surface area (Å²) in [7, 11) is 0. The maximum Gasteiger partial charge on any atom is -1.00 e. The fourth-order valence-electron chi connectivity index (χ4n) is 6.10. The fourth-order valence-corrected chi connectivity index (χ4v) is 21.6. The fraction of sp³-hybridized carbons (Fsp3) is 0.200. The van der Waals surface area contributed by atoms with Gasteiger partial charge >= 0.3 is 200 Å². The van der Waals surface area contributed by atoms with Crippen LogP contribution < -0.4 is 32.6 Å². The van der Waals surface area contributed by atoms with Crippen molar-refractivity contribution in [2.75, 3.05) is 0 Å². The zero-order valence-electron chi connectivity index (χ0n) is 19.7. The largest absolute Gasteiger partial charge is 1.00 e. The number of hydrogen-bond acceptors (Lipinski definition) is 0. The molecule has 4 aromatic rings. The first-order valence-electron chi connectivity index (χ1n) is 12.1. The minimum absolute atomic E-state index is 0. The van der Waals surface area contributed by atoms with E-state index in [0.717, 1.165) is 12.8 Å². The van der Waals surface area contributed by atoms with E-state index in [1.165, 1.54) is 45.5 Å². The van der Waals surface area contributed by atoms with Crippen LogP contribution in [0.4, 0.5) is 0 Å². The third kappa shape index (κ3) is 4.06. The van der Waals surface area contributed by atoms with Gasteiger partial charge in [0.25, 0.3) is 0 Å². The minimum Gasteiger partial charge on any atom is -1.00 e. The van der Waals surface area contributed by atoms with Crippen molar-refractivity contribution in [3.63, 3.8) is 0 Å². The van der Waals surface area contributed by atoms with Crippen LogP contribution >= 0.6 is 0 Å². The van der Waals surface area contributed by atoms with Crippen LogP contribution in [-0.4, -0.2) is 6.66 Å². The van der Waals surface area contributed by atoms with Gasteiger partial charge in [0.2, 0.25) is 0 Å². The summed E-state index contributed by atoms with van der Waals surface area (Å²) in [5.74, 6) is 0. The van der Waals surface area contributed by atoms with Gasteiger partial charge in [0.15, 0.2) is 0 Å². The van der Waals surface area contributed by atoms with Gasteiger partial charge in [-0.05, 0) is 0 Å². The molecular formula is C30H29Cl2SiTi. The Bertz CT molecular complexity index is 1230. The van der Waals surface area contributed by atoms with Crippen LogP contribution in [0.5, 0.6) is 0 Å². The van der Waals surface area contributed by atoms with E-state index in [1.807, 2.05) is 0 Å². The molecule has 34 heavy (non-hydrogen) atoms. The summed E-state index contributed by atoms with van der Waals surface area (Å²) in [6.45, 7) is 4.09. The topological polar surface area (TPSA) is 0 Å². The van der Waals surface area contributed by atoms with Gasteiger partial charge in [0.1, 0.15) is 0 Å². The van der Waals surface area contributed by atoms with E-state index in [2.05, 4.69) is 98.8 Å². The van der Waals surface area contributed by atoms with Crippen molar-refractivity contribution in [2.24, 2.45) is 0 Å². The van der Waals surface area contributed by atoms with Crippen molar-refractivity contribution < 1.29 is 41.9 Å². The quantitative estimate of drug-likeness (QED) is 0.276. The van der Waals surface area contributed by atoms with Crippen LogP contribution in [0.2, 0.25) is 12.1 Å². The standard InChI is InChI=1S/2C13H9.C4H11Si.2ClH.Ti/c2*1-3-7-12-10(5-1)9-11-6-2-4-8-13(11)12;1-3-5-4-2;;;/h2*1-5,7-8H,9H2;5H,3-4H2,1-2H3;2*1H;/q;;;;;+2/p-2. The third-order valence-electron chi connectivity index (χ3n) is 7.68. The first kappa shape index (κ1) is 25.5. The molecule has 4 aromatic carbocycles. The van der Waals surface area contributed by atoms with E-state index in [9.17, 15) is 0 Å². The molecule has 2 aliphatic rings. The van der Waals surface area contributed by atoms with E-state index in [4.69, 9.17) is 0 Å². The maximum atomic E-state index is 2.53. The van der Waals surface area contributed by atoms with Gasteiger partial charge in [-0.15, -0.1) is 0 Å². The summed E-state index contributed by atoms with van der Waals surface area (Å²) in [6, 6.07) is 35.5. The van der Waals surface area contributed by atoms with Crippen molar-refractivity contribution in [1.82, 2.24) is 0 Å². The Morgan fingerprint density at radius 1 is 0.559 bits per heavy atom. The molecular weight excluding hydrogens is 507 g/mol. The van der Waals surface area contributed by atoms with Gasteiger partial charge < -0.3 is 24.8 Å². The summed E-state index contributed by atoms with van der Waals surface area (Å²) in [4.78, 5) is 0. The van der Waals surface area contributed by atoms with Crippen LogP contribution in [0.1, 0.15) is 36.1 Å². The van der Waals surface area contributed by atoms with Gasteiger partial charge in [-0.25, -0.2) is 0 Å². The molecule has 0 fully saturated rings. The molecule has 0 aliphatic heterocycles. The van der Waals surface area contributed by atoms with Crippen LogP contribution in [0, 0.1) is 0 Å². The zero-order chi connectivity index (χ0) is 21.7. The molecule has 2 aliphatic carbocycles. The zero-order valence-corrected chi connectivity index (χ0v) is 24.0. The molecule has 0 heterocycles. The second-order valence-electron chi connectivity index (χ2n) is 9.26. The Morgan fingerprint density at radius 2 is 0.971 bits per heavy atom. The smallest absolute Gasteiger partial charge is 1.00 e. The molecule has 0 atom stereocenters. The average molecular weight is 536 g/mol. The number of rotatable bonds is 5. The summed E-state index contributed by atoms with van der Waals surface area (Å²) in [5.41, 5.74) is 12.3. The molecule has 0 nitrogen and oxygen atoms in total. The van der Waals surface area contributed by atoms with Gasteiger partial charge in [-0.2, -0.15) is 0 Å².